The Bertz CT molecular complexity index is 2560. The summed E-state index contributed by atoms with van der Waals surface area (Å²) in [5.74, 6) is 15.1. The van der Waals surface area contributed by atoms with Gasteiger partial charge in [-0.3, -0.25) is 0 Å². The van der Waals surface area contributed by atoms with Gasteiger partial charge in [-0.1, -0.05) is 619 Å². The van der Waals surface area contributed by atoms with Gasteiger partial charge >= 0.3 is 0 Å². The third-order valence-corrected chi connectivity index (χ3v) is 19.0. The van der Waals surface area contributed by atoms with Gasteiger partial charge in [0.05, 0.1) is 6.26 Å². The van der Waals surface area contributed by atoms with Crippen LogP contribution in [0.3, 0.4) is 0 Å². The van der Waals surface area contributed by atoms with Gasteiger partial charge in [0.25, 0.3) is 0 Å². The van der Waals surface area contributed by atoms with Crippen LogP contribution in [0.4, 0.5) is 0 Å². The maximum atomic E-state index is 5.12. The van der Waals surface area contributed by atoms with Gasteiger partial charge in [0.2, 0.25) is 0 Å². The molecule has 1 saturated heterocycles. The number of benzene rings is 4. The summed E-state index contributed by atoms with van der Waals surface area (Å²) in [5, 5.41) is 4.63. The largest absolute Gasteiger partial charge is 0.464 e. The highest BCUT2D eigenvalue weighted by atomic mass is 32.1. The Morgan fingerprint density at radius 2 is 0.511 bits per heavy atom. The molecule has 2 aromatic heterocycles. The van der Waals surface area contributed by atoms with Crippen LogP contribution < -0.4 is 0 Å². The van der Waals surface area contributed by atoms with Crippen molar-refractivity contribution in [2.24, 2.45) is 94.7 Å². The van der Waals surface area contributed by atoms with E-state index in [0.717, 1.165) is 113 Å². The number of fused-ring (bicyclic) bond motifs is 9. The summed E-state index contributed by atoms with van der Waals surface area (Å²) in [6, 6.07) is 37.7. The van der Waals surface area contributed by atoms with Crippen molar-refractivity contribution in [1.82, 2.24) is 0 Å². The fourth-order valence-electron chi connectivity index (χ4n) is 12.3. The number of furan rings is 1. The van der Waals surface area contributed by atoms with Crippen molar-refractivity contribution in [3.63, 3.8) is 0 Å². The monoisotopic (exact) mass is 1970 g/mol. The summed E-state index contributed by atoms with van der Waals surface area (Å²) < 4.78 is 11.6. The van der Waals surface area contributed by atoms with Gasteiger partial charge in [-0.2, -0.15) is 0 Å². The Kier molecular flexibility index (Phi) is 173. The highest BCUT2D eigenvalue weighted by molar-refractivity contribution is 7.17. The zero-order valence-corrected chi connectivity index (χ0v) is 107. The number of para-hydroxylation sites is 1. The quantitative estimate of drug-likeness (QED) is 0.164. The zero-order chi connectivity index (χ0) is 111. The van der Waals surface area contributed by atoms with Crippen LogP contribution in [0.1, 0.15) is 595 Å². The maximum absolute atomic E-state index is 5.12. The molecule has 2 nitrogen and oxygen atoms in total. The maximum Gasteiger partial charge on any atom is 0.133 e. The SMILES string of the molecule is C1=Cc2ccccc2C1.C1CC2CC(C1)C2.C1CC2CCC1CC2.C1CCC1.C1CCCC1.C1CCCC1.C1CCOCC1.CC.CC.CC.CC.CC.CC.CC.CC.CC.CC.CC.CC(C)C.CC(C)C.CC(C)C.CC(C)C.CC(C)C.CC(C)C.CC(C)C.CC(C)C.CC(C)C.CC(C)C.CC(C)C1CC1.c1ccc2c(c1)CCC2.c1ccc2occc2c1.c1ccc2sccc2c1. The number of ether oxygens (including phenoxy) is 1. The van der Waals surface area contributed by atoms with Crippen LogP contribution in [0.2, 0.25) is 0 Å². The fourth-order valence-corrected chi connectivity index (χ4v) is 13.1. The molecule has 0 radical (unpaired) electrons. The van der Waals surface area contributed by atoms with Gasteiger partial charge in [0, 0.05) is 23.3 Å². The molecular formula is C136H272O2S. The molecule has 0 spiro atoms. The number of allylic oxidation sites excluding steroid dienone is 1. The van der Waals surface area contributed by atoms with E-state index in [-0.39, 0.29) is 0 Å². The van der Waals surface area contributed by atoms with E-state index in [1.165, 1.54) is 181 Å². The van der Waals surface area contributed by atoms with Gasteiger partial charge in [-0.05, 0) is 223 Å². The predicted octanol–water partition coefficient (Wildman–Crippen LogP) is 51.2. The van der Waals surface area contributed by atoms with Crippen LogP contribution in [0.25, 0.3) is 27.1 Å². The summed E-state index contributed by atoms with van der Waals surface area (Å²) in [6.07, 6.45) is 56.3. The van der Waals surface area contributed by atoms with Crippen molar-refractivity contribution in [1.29, 1.82) is 0 Å². The topological polar surface area (TPSA) is 22.4 Å². The van der Waals surface area contributed by atoms with Gasteiger partial charge in [0.1, 0.15) is 5.58 Å². The van der Waals surface area contributed by atoms with E-state index in [4.69, 9.17) is 9.15 Å². The summed E-state index contributed by atoms with van der Waals surface area (Å²) >= 11 is 1.79. The first-order valence-electron chi connectivity index (χ1n) is 60.6. The summed E-state index contributed by atoms with van der Waals surface area (Å²) in [4.78, 5) is 0. The molecule has 11 fully saturated rings. The van der Waals surface area contributed by atoms with E-state index in [9.17, 15) is 0 Å². The summed E-state index contributed by atoms with van der Waals surface area (Å²) in [6.45, 7) is 116. The molecule has 0 N–H and O–H groups in total. The third-order valence-electron chi connectivity index (χ3n) is 18.1. The highest BCUT2D eigenvalue weighted by Crippen LogP contribution is 2.45. The molecule has 10 saturated carbocycles. The van der Waals surface area contributed by atoms with Crippen molar-refractivity contribution in [2.45, 2.75) is 592 Å². The molecule has 6 aromatic rings. The number of aryl methyl sites for hydroxylation is 2. The molecule has 1 aliphatic heterocycles. The number of hydrogen-bond donors (Lipinski definition) is 0. The minimum atomic E-state index is 0.833. The van der Waals surface area contributed by atoms with Gasteiger partial charge in [0.15, 0.2) is 0 Å². The Labute approximate surface area is 890 Å². The van der Waals surface area contributed by atoms with Crippen LogP contribution in [-0.4, -0.2) is 13.2 Å². The predicted molar refractivity (Wildman–Crippen MR) is 667 cm³/mol. The Hall–Kier alpha value is -3.92. The van der Waals surface area contributed by atoms with Crippen LogP contribution in [0.15, 0.2) is 131 Å². The molecule has 4 aromatic carbocycles. The van der Waals surface area contributed by atoms with E-state index >= 15 is 0 Å². The lowest BCUT2D eigenvalue weighted by Gasteiger charge is -2.40. The Morgan fingerprint density at radius 1 is 0.245 bits per heavy atom. The molecule has 0 atom stereocenters. The number of hydrogen-bond acceptors (Lipinski definition) is 3. The minimum absolute atomic E-state index is 0.833. The molecule has 4 bridgehead atoms. The number of rotatable bonds is 1. The van der Waals surface area contributed by atoms with Crippen LogP contribution >= 0.6 is 11.3 Å². The van der Waals surface area contributed by atoms with Crippen LogP contribution in [0, 0.1) is 94.7 Å². The zero-order valence-electron chi connectivity index (χ0n) is 107. The molecule has 12 aliphatic carbocycles. The van der Waals surface area contributed by atoms with Gasteiger partial charge in [-0.25, -0.2) is 0 Å². The van der Waals surface area contributed by atoms with E-state index in [1.54, 1.807) is 92.9 Å². The first-order chi connectivity index (χ1) is 66.4. The second-order valence-electron chi connectivity index (χ2n) is 42.0. The molecule has 0 unspecified atom stereocenters. The highest BCUT2D eigenvalue weighted by Gasteiger charge is 2.32. The van der Waals surface area contributed by atoms with Crippen molar-refractivity contribution in [2.75, 3.05) is 13.2 Å². The molecule has 3 heterocycles. The third kappa shape index (κ3) is 162. The van der Waals surface area contributed by atoms with E-state index < -0.39 is 0 Å². The Morgan fingerprint density at radius 3 is 0.734 bits per heavy atom. The standard InChI is InChI=1S/C9H10.C9H8.C8H6O.C8H6S.C8H14.C7H12.C6H12.C5H10O.2C5H10.C4H8.10C4H10.11C2H6/c2*1-2-5-9-7-3-6-8(9)4-1;2*1-2-4-8-7(3-1)5-6-9-8;1-2-8-5-3-7(1)4-6-8;1-2-6-4-7(3-1)5-6;1-5(2)6-3-4-6;1-2-4-6-5-3-1;2*1-2-4-5-3-1;1-2-4-3-1;10*1-4(2)3;11*1-2/h1-2,4-5H,3,6-7H2;1-6H,7H2;2*1-6H;7-8H,1-6H2;6-7H,1-5H2;5-6H,3-4H2,1-2H3;1-5H2;2*1-5H2;1-4H2;10*4H,1-3H3;11*1-2H3. The van der Waals surface area contributed by atoms with E-state index in [0.29, 0.717) is 0 Å². The molecule has 0 amide bonds. The molecule has 19 rings (SSSR count). The normalized spacial score (nSPS) is 15.7. The average Bonchev–Trinajstić information content (AvgIpc) is 1.68. The number of thiophene rings is 1. The van der Waals surface area contributed by atoms with Crippen molar-refractivity contribution in [3.8, 4) is 0 Å². The molecule has 3 heteroatoms. The second-order valence-corrected chi connectivity index (χ2v) is 42.9. The lowest BCUT2D eigenvalue weighted by Crippen LogP contribution is -2.28. The average molecular weight is 1970 g/mol. The Balaban J connectivity index is -0.0000000891. The van der Waals surface area contributed by atoms with E-state index in [2.05, 4.69) is 318 Å². The first kappa shape index (κ1) is 168. The smallest absolute Gasteiger partial charge is 0.133 e. The van der Waals surface area contributed by atoms with Crippen LogP contribution in [0.5, 0.6) is 0 Å². The fraction of sp³-hybridized carbons (Fsp3) is 0.779. The van der Waals surface area contributed by atoms with Crippen molar-refractivity contribution in [3.05, 3.63) is 149 Å². The van der Waals surface area contributed by atoms with Crippen molar-refractivity contribution < 1.29 is 9.15 Å². The van der Waals surface area contributed by atoms with Crippen LogP contribution in [-0.2, 0) is 24.0 Å². The van der Waals surface area contributed by atoms with E-state index in [1.807, 2.05) is 183 Å². The minimum Gasteiger partial charge on any atom is -0.464 e. The molecule has 834 valence electrons. The van der Waals surface area contributed by atoms with Gasteiger partial charge < -0.3 is 9.15 Å². The summed E-state index contributed by atoms with van der Waals surface area (Å²) in [7, 11) is 0. The molecular weight excluding hydrogens is 1700 g/mol. The molecule has 139 heavy (non-hydrogen) atoms. The summed E-state index contributed by atoms with van der Waals surface area (Å²) in [5.41, 5.74) is 6.93. The lowest BCUT2D eigenvalue weighted by molar-refractivity contribution is 0.0968. The van der Waals surface area contributed by atoms with Crippen molar-refractivity contribution >= 4 is 38.5 Å². The first-order valence-corrected chi connectivity index (χ1v) is 61.5. The second kappa shape index (κ2) is 143. The molecule has 13 aliphatic rings. The van der Waals surface area contributed by atoms with Gasteiger partial charge in [-0.15, -0.1) is 11.3 Å². The lowest BCUT2D eigenvalue weighted by atomic mass is 9.65.